The molecule has 3 N–H and O–H groups in total. The molecule has 0 aliphatic carbocycles. The number of fused-ring (bicyclic) bond motifs is 1. The number of hydrogen-bond acceptors (Lipinski definition) is 4. The van der Waals surface area contributed by atoms with Gasteiger partial charge in [0.15, 0.2) is 5.65 Å². The standard InChI is InChI=1S/C18H27N5O2.ClH/c1-11-14(12(2)21-17-16(11)18(25)22-23(17)3)9-15(24)20-8-6-13-5-4-7-19-10-13;/h13,19H,4-10H2,1-3H3,(H,20,24)(H,22,25);1H. The van der Waals surface area contributed by atoms with Crippen LogP contribution in [0.4, 0.5) is 0 Å². The number of aromatic amines is 1. The average Bonchev–Trinajstić information content (AvgIpc) is 2.86. The number of pyridine rings is 1. The number of halogens is 1. The second-order valence-corrected chi connectivity index (χ2v) is 7.03. The van der Waals surface area contributed by atoms with E-state index in [9.17, 15) is 9.59 Å². The van der Waals surface area contributed by atoms with Crippen LogP contribution in [0.25, 0.3) is 11.0 Å². The third-order valence-electron chi connectivity index (χ3n) is 5.19. The van der Waals surface area contributed by atoms with Crippen LogP contribution in [-0.4, -0.2) is 40.3 Å². The number of carbonyl (C=O) groups excluding carboxylic acids is 1. The van der Waals surface area contributed by atoms with E-state index >= 15 is 0 Å². The third kappa shape index (κ3) is 4.27. The van der Waals surface area contributed by atoms with E-state index in [0.29, 0.717) is 23.5 Å². The van der Waals surface area contributed by atoms with Crippen molar-refractivity contribution in [3.8, 4) is 0 Å². The Labute approximate surface area is 159 Å². The predicted octanol–water partition coefficient (Wildman–Crippen LogP) is 1.35. The van der Waals surface area contributed by atoms with Crippen molar-refractivity contribution in [2.75, 3.05) is 19.6 Å². The summed E-state index contributed by atoms with van der Waals surface area (Å²) in [5, 5.41) is 9.71. The van der Waals surface area contributed by atoms with Crippen LogP contribution in [0.5, 0.6) is 0 Å². The summed E-state index contributed by atoms with van der Waals surface area (Å²) in [5.41, 5.74) is 2.96. The van der Waals surface area contributed by atoms with Crippen LogP contribution in [0.2, 0.25) is 0 Å². The van der Waals surface area contributed by atoms with Gasteiger partial charge >= 0.3 is 0 Å². The Morgan fingerprint density at radius 1 is 1.38 bits per heavy atom. The average molecular weight is 382 g/mol. The molecule has 2 aromatic heterocycles. The zero-order chi connectivity index (χ0) is 18.0. The third-order valence-corrected chi connectivity index (χ3v) is 5.19. The summed E-state index contributed by atoms with van der Waals surface area (Å²) in [6.45, 7) is 6.63. The number of H-pyrrole nitrogens is 1. The van der Waals surface area contributed by atoms with Crippen molar-refractivity contribution in [3.63, 3.8) is 0 Å². The first kappa shape index (κ1) is 20.5. The second kappa shape index (κ2) is 8.68. The Kier molecular flexibility index (Phi) is 6.83. The molecule has 1 saturated heterocycles. The van der Waals surface area contributed by atoms with E-state index < -0.39 is 0 Å². The first-order valence-electron chi connectivity index (χ1n) is 8.99. The summed E-state index contributed by atoms with van der Waals surface area (Å²) >= 11 is 0. The fourth-order valence-electron chi connectivity index (χ4n) is 3.72. The lowest BCUT2D eigenvalue weighted by molar-refractivity contribution is -0.120. The van der Waals surface area contributed by atoms with Gasteiger partial charge in [-0.25, -0.2) is 4.98 Å². The Morgan fingerprint density at radius 2 is 2.15 bits per heavy atom. The minimum atomic E-state index is -0.158. The molecule has 0 bridgehead atoms. The van der Waals surface area contributed by atoms with Crippen molar-refractivity contribution >= 4 is 29.3 Å². The highest BCUT2D eigenvalue weighted by atomic mass is 35.5. The molecule has 7 nitrogen and oxygen atoms in total. The number of nitrogens with one attached hydrogen (secondary N) is 3. The summed E-state index contributed by atoms with van der Waals surface area (Å²) in [5.74, 6) is 0.641. The molecule has 3 rings (SSSR count). The van der Waals surface area contributed by atoms with Crippen molar-refractivity contribution in [1.29, 1.82) is 0 Å². The van der Waals surface area contributed by atoms with Crippen molar-refractivity contribution in [2.24, 2.45) is 13.0 Å². The summed E-state index contributed by atoms with van der Waals surface area (Å²) in [4.78, 5) is 28.9. The van der Waals surface area contributed by atoms with Gasteiger partial charge in [0.1, 0.15) is 0 Å². The van der Waals surface area contributed by atoms with Crippen LogP contribution >= 0.6 is 12.4 Å². The maximum absolute atomic E-state index is 12.3. The first-order chi connectivity index (χ1) is 12.0. The van der Waals surface area contributed by atoms with Crippen LogP contribution in [-0.2, 0) is 18.3 Å². The van der Waals surface area contributed by atoms with E-state index in [2.05, 4.69) is 20.7 Å². The molecule has 1 aliphatic rings. The van der Waals surface area contributed by atoms with Gasteiger partial charge in [0.05, 0.1) is 11.8 Å². The summed E-state index contributed by atoms with van der Waals surface area (Å²) in [6.07, 6.45) is 3.72. The Hall–Kier alpha value is -1.86. The molecule has 3 heterocycles. The molecule has 1 unspecified atom stereocenters. The van der Waals surface area contributed by atoms with Gasteiger partial charge in [0.25, 0.3) is 5.56 Å². The lowest BCUT2D eigenvalue weighted by Crippen LogP contribution is -2.33. The predicted molar refractivity (Wildman–Crippen MR) is 105 cm³/mol. The second-order valence-electron chi connectivity index (χ2n) is 7.03. The SMILES string of the molecule is Cc1nc2c(c(C)c1CC(=O)NCCC1CCCNC1)c(=O)[nH]n2C.Cl. The van der Waals surface area contributed by atoms with Crippen molar-refractivity contribution < 1.29 is 4.79 Å². The van der Waals surface area contributed by atoms with Crippen LogP contribution in [0, 0.1) is 19.8 Å². The summed E-state index contributed by atoms with van der Waals surface area (Å²) in [6, 6.07) is 0. The van der Waals surface area contributed by atoms with E-state index in [-0.39, 0.29) is 30.3 Å². The molecule has 8 heteroatoms. The van der Waals surface area contributed by atoms with Gasteiger partial charge in [-0.15, -0.1) is 12.4 Å². The van der Waals surface area contributed by atoms with Crippen LogP contribution in [0.1, 0.15) is 36.1 Å². The largest absolute Gasteiger partial charge is 0.356 e. The van der Waals surface area contributed by atoms with Gasteiger partial charge in [-0.2, -0.15) is 0 Å². The van der Waals surface area contributed by atoms with Gasteiger partial charge < -0.3 is 10.6 Å². The molecule has 1 amide bonds. The minimum absolute atomic E-state index is 0. The zero-order valence-electron chi connectivity index (χ0n) is 15.6. The van der Waals surface area contributed by atoms with Crippen molar-refractivity contribution in [1.82, 2.24) is 25.4 Å². The van der Waals surface area contributed by atoms with Gasteiger partial charge in [-0.1, -0.05) is 0 Å². The number of rotatable bonds is 5. The van der Waals surface area contributed by atoms with Crippen LogP contribution < -0.4 is 16.2 Å². The lowest BCUT2D eigenvalue weighted by Gasteiger charge is -2.22. The van der Waals surface area contributed by atoms with Crippen LogP contribution in [0.15, 0.2) is 4.79 Å². The van der Waals surface area contributed by atoms with E-state index in [1.54, 1.807) is 11.7 Å². The number of hydrogen-bond donors (Lipinski definition) is 3. The summed E-state index contributed by atoms with van der Waals surface area (Å²) in [7, 11) is 1.77. The number of amides is 1. The van der Waals surface area contributed by atoms with Crippen molar-refractivity contribution in [3.05, 3.63) is 27.2 Å². The topological polar surface area (TPSA) is 91.8 Å². The van der Waals surface area contributed by atoms with E-state index in [0.717, 1.165) is 36.3 Å². The monoisotopic (exact) mass is 381 g/mol. The van der Waals surface area contributed by atoms with E-state index in [4.69, 9.17) is 0 Å². The molecule has 0 spiro atoms. The number of aryl methyl sites for hydroxylation is 3. The molecule has 144 valence electrons. The molecule has 0 radical (unpaired) electrons. The molecular formula is C18H28ClN5O2. The normalized spacial score (nSPS) is 17.1. The van der Waals surface area contributed by atoms with Crippen molar-refractivity contribution in [2.45, 2.75) is 39.5 Å². The number of carbonyl (C=O) groups is 1. The molecule has 26 heavy (non-hydrogen) atoms. The number of nitrogens with zero attached hydrogens (tertiary/aromatic N) is 2. The Morgan fingerprint density at radius 3 is 2.85 bits per heavy atom. The maximum Gasteiger partial charge on any atom is 0.273 e. The van der Waals surface area contributed by atoms with Gasteiger partial charge in [0.2, 0.25) is 5.91 Å². The fraction of sp³-hybridized carbons (Fsp3) is 0.611. The molecule has 2 aromatic rings. The van der Waals surface area contributed by atoms with Gasteiger partial charge in [0, 0.05) is 19.3 Å². The minimum Gasteiger partial charge on any atom is -0.356 e. The molecule has 0 saturated carbocycles. The maximum atomic E-state index is 12.3. The highest BCUT2D eigenvalue weighted by Crippen LogP contribution is 2.20. The fourth-order valence-corrected chi connectivity index (χ4v) is 3.72. The number of piperidine rings is 1. The highest BCUT2D eigenvalue weighted by Gasteiger charge is 2.18. The van der Waals surface area contributed by atoms with Gasteiger partial charge in [-0.3, -0.25) is 19.4 Å². The quantitative estimate of drug-likeness (QED) is 0.729. The van der Waals surface area contributed by atoms with E-state index in [1.807, 2.05) is 13.8 Å². The highest BCUT2D eigenvalue weighted by molar-refractivity contribution is 5.85. The smallest absolute Gasteiger partial charge is 0.273 e. The molecule has 1 fully saturated rings. The zero-order valence-corrected chi connectivity index (χ0v) is 16.5. The first-order valence-corrected chi connectivity index (χ1v) is 8.99. The van der Waals surface area contributed by atoms with Gasteiger partial charge in [-0.05, 0) is 63.2 Å². The van der Waals surface area contributed by atoms with E-state index in [1.165, 1.54) is 12.8 Å². The Balaban J connectivity index is 0.00000243. The molecule has 0 aromatic carbocycles. The Bertz CT molecular complexity index is 836. The molecular weight excluding hydrogens is 354 g/mol. The lowest BCUT2D eigenvalue weighted by atomic mass is 9.96. The summed E-state index contributed by atoms with van der Waals surface area (Å²) < 4.78 is 1.62. The molecule has 1 aliphatic heterocycles. The van der Waals surface area contributed by atoms with Crippen LogP contribution in [0.3, 0.4) is 0 Å². The number of aromatic nitrogens is 3. The molecule has 1 atom stereocenters.